The van der Waals surface area contributed by atoms with Crippen LogP contribution in [0.5, 0.6) is 0 Å². The maximum Gasteiger partial charge on any atom is 0.0734 e. The van der Waals surface area contributed by atoms with Crippen molar-refractivity contribution in [2.45, 2.75) is 26.9 Å². The fourth-order valence-electron chi connectivity index (χ4n) is 2.59. The molecule has 1 aromatic rings. The van der Waals surface area contributed by atoms with Gasteiger partial charge in [0, 0.05) is 57.8 Å². The standard InChI is InChI=1S/C15H27N3O/c1-13-11-15(14(2)17(13)3)12-19-10-4-7-18-8-5-16-6-9-18/h11,16H,4-10,12H2,1-3H3. The SMILES string of the molecule is Cc1cc(COCCCN2CCNCC2)c(C)n1C. The third-order valence-corrected chi connectivity index (χ3v) is 4.11. The van der Waals surface area contributed by atoms with Crippen molar-refractivity contribution >= 4 is 0 Å². The van der Waals surface area contributed by atoms with E-state index >= 15 is 0 Å². The second-order valence-electron chi connectivity index (χ2n) is 5.45. The molecule has 19 heavy (non-hydrogen) atoms. The minimum atomic E-state index is 0.745. The van der Waals surface area contributed by atoms with Crippen LogP contribution in [0.25, 0.3) is 0 Å². The van der Waals surface area contributed by atoms with Crippen LogP contribution >= 0.6 is 0 Å². The van der Waals surface area contributed by atoms with Crippen LogP contribution < -0.4 is 5.32 Å². The number of aromatic nitrogens is 1. The third-order valence-electron chi connectivity index (χ3n) is 4.11. The molecule has 0 aliphatic carbocycles. The van der Waals surface area contributed by atoms with Crippen LogP contribution in [0.1, 0.15) is 23.4 Å². The Morgan fingerprint density at radius 3 is 2.63 bits per heavy atom. The molecule has 0 spiro atoms. The maximum atomic E-state index is 5.80. The zero-order chi connectivity index (χ0) is 13.7. The van der Waals surface area contributed by atoms with E-state index in [1.54, 1.807) is 0 Å². The van der Waals surface area contributed by atoms with E-state index in [0.29, 0.717) is 0 Å². The lowest BCUT2D eigenvalue weighted by Gasteiger charge is -2.26. The van der Waals surface area contributed by atoms with Gasteiger partial charge in [-0.25, -0.2) is 0 Å². The fraction of sp³-hybridized carbons (Fsp3) is 0.733. The minimum Gasteiger partial charge on any atom is -0.377 e. The van der Waals surface area contributed by atoms with Gasteiger partial charge < -0.3 is 19.5 Å². The molecule has 0 aromatic carbocycles. The number of ether oxygens (including phenoxy) is 1. The fourth-order valence-corrected chi connectivity index (χ4v) is 2.59. The van der Waals surface area contributed by atoms with E-state index in [2.05, 4.69) is 41.7 Å². The Morgan fingerprint density at radius 1 is 1.26 bits per heavy atom. The normalized spacial score (nSPS) is 17.0. The molecule has 1 fully saturated rings. The summed E-state index contributed by atoms with van der Waals surface area (Å²) in [7, 11) is 2.11. The Kier molecular flexibility index (Phi) is 5.43. The summed E-state index contributed by atoms with van der Waals surface area (Å²) in [5, 5.41) is 3.38. The van der Waals surface area contributed by atoms with Crippen molar-refractivity contribution in [3.05, 3.63) is 23.0 Å². The van der Waals surface area contributed by atoms with Gasteiger partial charge in [-0.3, -0.25) is 0 Å². The Morgan fingerprint density at radius 2 is 2.00 bits per heavy atom. The number of hydrogen-bond donors (Lipinski definition) is 1. The van der Waals surface area contributed by atoms with Gasteiger partial charge in [-0.2, -0.15) is 0 Å². The van der Waals surface area contributed by atoms with Gasteiger partial charge in [-0.05, 0) is 31.9 Å². The van der Waals surface area contributed by atoms with Crippen molar-refractivity contribution in [1.29, 1.82) is 0 Å². The largest absolute Gasteiger partial charge is 0.377 e. The van der Waals surface area contributed by atoms with E-state index in [-0.39, 0.29) is 0 Å². The molecule has 0 saturated carbocycles. The summed E-state index contributed by atoms with van der Waals surface area (Å²) in [6, 6.07) is 2.23. The van der Waals surface area contributed by atoms with Crippen molar-refractivity contribution in [2.24, 2.45) is 7.05 Å². The highest BCUT2D eigenvalue weighted by Crippen LogP contribution is 2.14. The molecular formula is C15H27N3O. The highest BCUT2D eigenvalue weighted by molar-refractivity contribution is 5.25. The van der Waals surface area contributed by atoms with Crippen molar-refractivity contribution in [2.75, 3.05) is 39.3 Å². The monoisotopic (exact) mass is 265 g/mol. The molecule has 2 heterocycles. The Hall–Kier alpha value is -0.840. The molecule has 108 valence electrons. The number of nitrogens with zero attached hydrogens (tertiary/aromatic N) is 2. The summed E-state index contributed by atoms with van der Waals surface area (Å²) >= 11 is 0. The van der Waals surface area contributed by atoms with Gasteiger partial charge >= 0.3 is 0 Å². The minimum absolute atomic E-state index is 0.745. The van der Waals surface area contributed by atoms with E-state index in [1.807, 2.05) is 0 Å². The van der Waals surface area contributed by atoms with E-state index < -0.39 is 0 Å². The molecule has 4 heteroatoms. The smallest absolute Gasteiger partial charge is 0.0734 e. The highest BCUT2D eigenvalue weighted by atomic mass is 16.5. The zero-order valence-electron chi connectivity index (χ0n) is 12.5. The highest BCUT2D eigenvalue weighted by Gasteiger charge is 2.09. The first kappa shape index (κ1) is 14.6. The van der Waals surface area contributed by atoms with Gasteiger partial charge in [0.15, 0.2) is 0 Å². The summed E-state index contributed by atoms with van der Waals surface area (Å²) in [5.41, 5.74) is 3.94. The Bertz CT molecular complexity index is 394. The molecule has 0 unspecified atom stereocenters. The number of aryl methyl sites for hydroxylation is 1. The average molecular weight is 265 g/mol. The first-order valence-corrected chi connectivity index (χ1v) is 7.31. The maximum absolute atomic E-state index is 5.80. The van der Waals surface area contributed by atoms with Crippen molar-refractivity contribution in [1.82, 2.24) is 14.8 Å². The van der Waals surface area contributed by atoms with Crippen molar-refractivity contribution < 1.29 is 4.74 Å². The predicted octanol–water partition coefficient (Wildman–Crippen LogP) is 1.45. The lowest BCUT2D eigenvalue weighted by atomic mass is 10.2. The van der Waals surface area contributed by atoms with Crippen molar-refractivity contribution in [3.63, 3.8) is 0 Å². The van der Waals surface area contributed by atoms with E-state index in [1.165, 1.54) is 30.0 Å². The molecule has 0 atom stereocenters. The van der Waals surface area contributed by atoms with Gasteiger partial charge in [-0.1, -0.05) is 0 Å². The van der Waals surface area contributed by atoms with Gasteiger partial charge in [-0.15, -0.1) is 0 Å². The van der Waals surface area contributed by atoms with Gasteiger partial charge in [0.05, 0.1) is 6.61 Å². The van der Waals surface area contributed by atoms with E-state index in [0.717, 1.165) is 39.3 Å². The summed E-state index contributed by atoms with van der Waals surface area (Å²) < 4.78 is 8.03. The van der Waals surface area contributed by atoms with Gasteiger partial charge in [0.25, 0.3) is 0 Å². The summed E-state index contributed by atoms with van der Waals surface area (Å²) in [6.45, 7) is 11.7. The number of nitrogens with one attached hydrogen (secondary N) is 1. The molecule has 1 saturated heterocycles. The topological polar surface area (TPSA) is 29.4 Å². The molecule has 1 aliphatic heterocycles. The predicted molar refractivity (Wildman–Crippen MR) is 78.5 cm³/mol. The van der Waals surface area contributed by atoms with Crippen molar-refractivity contribution in [3.8, 4) is 0 Å². The molecule has 4 nitrogen and oxygen atoms in total. The van der Waals surface area contributed by atoms with Gasteiger partial charge in [0.2, 0.25) is 0 Å². The average Bonchev–Trinajstić information content (AvgIpc) is 2.67. The van der Waals surface area contributed by atoms with Crippen LogP contribution in [0.15, 0.2) is 6.07 Å². The molecule has 0 bridgehead atoms. The number of rotatable bonds is 6. The Balaban J connectivity index is 1.62. The summed E-state index contributed by atoms with van der Waals surface area (Å²) in [4.78, 5) is 2.51. The Labute approximate surface area is 116 Å². The molecule has 1 aliphatic rings. The van der Waals surface area contributed by atoms with E-state index in [9.17, 15) is 0 Å². The number of hydrogen-bond acceptors (Lipinski definition) is 3. The third kappa shape index (κ3) is 4.06. The molecule has 1 aromatic heterocycles. The van der Waals surface area contributed by atoms with Crippen LogP contribution in [-0.2, 0) is 18.4 Å². The van der Waals surface area contributed by atoms with Gasteiger partial charge in [0.1, 0.15) is 0 Å². The molecule has 1 N–H and O–H groups in total. The lowest BCUT2D eigenvalue weighted by molar-refractivity contribution is 0.106. The van der Waals surface area contributed by atoms with Crippen LogP contribution in [0.3, 0.4) is 0 Å². The number of piperazine rings is 1. The molecule has 2 rings (SSSR count). The second kappa shape index (κ2) is 7.08. The second-order valence-corrected chi connectivity index (χ2v) is 5.45. The van der Waals surface area contributed by atoms with E-state index in [4.69, 9.17) is 4.74 Å². The lowest BCUT2D eigenvalue weighted by Crippen LogP contribution is -2.43. The van der Waals surface area contributed by atoms with Crippen LogP contribution in [0, 0.1) is 13.8 Å². The van der Waals surface area contributed by atoms with Crippen LogP contribution in [0.2, 0.25) is 0 Å². The first-order chi connectivity index (χ1) is 9.18. The zero-order valence-corrected chi connectivity index (χ0v) is 12.5. The van der Waals surface area contributed by atoms with Crippen LogP contribution in [0.4, 0.5) is 0 Å². The molecule has 0 radical (unpaired) electrons. The van der Waals surface area contributed by atoms with Crippen LogP contribution in [-0.4, -0.2) is 48.8 Å². The molecular weight excluding hydrogens is 238 g/mol. The molecule has 0 amide bonds. The summed E-state index contributed by atoms with van der Waals surface area (Å²) in [5.74, 6) is 0. The quantitative estimate of drug-likeness (QED) is 0.790. The summed E-state index contributed by atoms with van der Waals surface area (Å²) in [6.07, 6.45) is 1.13. The first-order valence-electron chi connectivity index (χ1n) is 7.31.